The van der Waals surface area contributed by atoms with Crippen molar-refractivity contribution in [1.29, 1.82) is 0 Å². The van der Waals surface area contributed by atoms with Crippen LogP contribution in [0.4, 0.5) is 5.69 Å². The van der Waals surface area contributed by atoms with Crippen LogP contribution in [0.15, 0.2) is 24.3 Å². The predicted octanol–water partition coefficient (Wildman–Crippen LogP) is 5.13. The quantitative estimate of drug-likeness (QED) is 0.429. The van der Waals surface area contributed by atoms with Crippen molar-refractivity contribution in [3.63, 3.8) is 0 Å². The molecule has 20 heavy (non-hydrogen) atoms. The lowest BCUT2D eigenvalue weighted by molar-refractivity contribution is 0.344. The fraction of sp³-hybridized carbons (Fsp3) is 0.647. The molecule has 2 N–H and O–H groups in total. The van der Waals surface area contributed by atoms with Crippen LogP contribution in [-0.4, -0.2) is 18.1 Å². The third-order valence-electron chi connectivity index (χ3n) is 3.25. The van der Waals surface area contributed by atoms with Crippen molar-refractivity contribution < 1.29 is 4.74 Å². The van der Waals surface area contributed by atoms with Gasteiger partial charge in [-0.25, -0.2) is 0 Å². The summed E-state index contributed by atoms with van der Waals surface area (Å²) in [6.07, 6.45) is 9.69. The fourth-order valence-electron chi connectivity index (χ4n) is 2.09. The van der Waals surface area contributed by atoms with Crippen LogP contribution in [0.25, 0.3) is 0 Å². The summed E-state index contributed by atoms with van der Waals surface area (Å²) in [5.74, 6) is 3.19. The minimum absolute atomic E-state index is 0.762. The maximum Gasteiger partial charge on any atom is 0.121 e. The summed E-state index contributed by atoms with van der Waals surface area (Å²) >= 11 is 1.99. The SMILES string of the molecule is CCCCCCCCCSCCOc1cccc(N)c1. The summed E-state index contributed by atoms with van der Waals surface area (Å²) in [6, 6.07) is 7.64. The second-order valence-corrected chi connectivity index (χ2v) is 6.38. The van der Waals surface area contributed by atoms with E-state index in [0.717, 1.165) is 23.8 Å². The van der Waals surface area contributed by atoms with Gasteiger partial charge >= 0.3 is 0 Å². The summed E-state index contributed by atoms with van der Waals surface area (Å²) in [4.78, 5) is 0. The van der Waals surface area contributed by atoms with E-state index in [9.17, 15) is 0 Å². The molecule has 0 saturated carbocycles. The second-order valence-electron chi connectivity index (χ2n) is 5.15. The van der Waals surface area contributed by atoms with E-state index < -0.39 is 0 Å². The molecule has 0 amide bonds. The highest BCUT2D eigenvalue weighted by Crippen LogP contribution is 2.15. The lowest BCUT2D eigenvalue weighted by Gasteiger charge is -2.06. The van der Waals surface area contributed by atoms with Crippen molar-refractivity contribution >= 4 is 17.4 Å². The van der Waals surface area contributed by atoms with Gasteiger partial charge in [0.2, 0.25) is 0 Å². The molecule has 0 saturated heterocycles. The Morgan fingerprint density at radius 3 is 2.50 bits per heavy atom. The van der Waals surface area contributed by atoms with Crippen LogP contribution in [0, 0.1) is 0 Å². The van der Waals surface area contributed by atoms with Crippen molar-refractivity contribution in [3.8, 4) is 5.75 Å². The number of thioether (sulfide) groups is 1. The lowest BCUT2D eigenvalue weighted by atomic mass is 10.1. The van der Waals surface area contributed by atoms with Gasteiger partial charge in [0.25, 0.3) is 0 Å². The van der Waals surface area contributed by atoms with Gasteiger partial charge in [0.15, 0.2) is 0 Å². The Morgan fingerprint density at radius 1 is 1.00 bits per heavy atom. The van der Waals surface area contributed by atoms with Crippen LogP contribution >= 0.6 is 11.8 Å². The van der Waals surface area contributed by atoms with Crippen molar-refractivity contribution in [2.45, 2.75) is 51.9 Å². The first-order chi connectivity index (χ1) is 9.83. The van der Waals surface area contributed by atoms with Gasteiger partial charge in [-0.3, -0.25) is 0 Å². The average molecular weight is 295 g/mol. The first kappa shape index (κ1) is 17.2. The predicted molar refractivity (Wildman–Crippen MR) is 91.7 cm³/mol. The summed E-state index contributed by atoms with van der Waals surface area (Å²) in [5.41, 5.74) is 6.46. The van der Waals surface area contributed by atoms with Gasteiger partial charge in [-0.2, -0.15) is 11.8 Å². The van der Waals surface area contributed by atoms with Gasteiger partial charge in [0.05, 0.1) is 6.61 Å². The first-order valence-electron chi connectivity index (χ1n) is 7.89. The molecule has 1 aromatic rings. The monoisotopic (exact) mass is 295 g/mol. The molecule has 0 radical (unpaired) electrons. The Bertz CT molecular complexity index is 344. The highest BCUT2D eigenvalue weighted by Gasteiger charge is 1.95. The molecule has 0 unspecified atom stereocenters. The molecule has 0 aliphatic carbocycles. The normalized spacial score (nSPS) is 10.7. The van der Waals surface area contributed by atoms with Crippen molar-refractivity contribution in [3.05, 3.63) is 24.3 Å². The van der Waals surface area contributed by atoms with E-state index in [1.165, 1.54) is 50.7 Å². The van der Waals surface area contributed by atoms with E-state index in [-0.39, 0.29) is 0 Å². The fourth-order valence-corrected chi connectivity index (χ4v) is 2.90. The van der Waals surface area contributed by atoms with E-state index in [1.54, 1.807) is 0 Å². The molecule has 0 spiro atoms. The van der Waals surface area contributed by atoms with E-state index >= 15 is 0 Å². The van der Waals surface area contributed by atoms with Gasteiger partial charge < -0.3 is 10.5 Å². The highest BCUT2D eigenvalue weighted by atomic mass is 32.2. The Balaban J connectivity index is 1.85. The molecule has 0 aliphatic heterocycles. The van der Waals surface area contributed by atoms with E-state index in [2.05, 4.69) is 6.92 Å². The Hall–Kier alpha value is -0.830. The first-order valence-corrected chi connectivity index (χ1v) is 9.04. The topological polar surface area (TPSA) is 35.2 Å². The van der Waals surface area contributed by atoms with Gasteiger partial charge in [-0.1, -0.05) is 51.5 Å². The van der Waals surface area contributed by atoms with Crippen molar-refractivity contribution in [2.75, 3.05) is 23.8 Å². The highest BCUT2D eigenvalue weighted by molar-refractivity contribution is 7.99. The van der Waals surface area contributed by atoms with Crippen molar-refractivity contribution in [2.24, 2.45) is 0 Å². The number of rotatable bonds is 12. The van der Waals surface area contributed by atoms with Gasteiger partial charge in [-0.05, 0) is 24.3 Å². The molecule has 3 heteroatoms. The molecule has 0 aromatic heterocycles. The summed E-state index contributed by atoms with van der Waals surface area (Å²) in [7, 11) is 0. The average Bonchev–Trinajstić information content (AvgIpc) is 2.45. The second kappa shape index (κ2) is 12.0. The Labute approximate surface area is 128 Å². The largest absolute Gasteiger partial charge is 0.493 e. The number of unbranched alkanes of at least 4 members (excludes halogenated alkanes) is 6. The summed E-state index contributed by atoms with van der Waals surface area (Å²) < 4.78 is 5.66. The molecule has 0 bridgehead atoms. The maximum absolute atomic E-state index is 5.70. The number of nitrogen functional groups attached to an aromatic ring is 1. The summed E-state index contributed by atoms with van der Waals surface area (Å²) in [5, 5.41) is 0. The van der Waals surface area contributed by atoms with Crippen LogP contribution in [0.2, 0.25) is 0 Å². The molecular weight excluding hydrogens is 266 g/mol. The molecular formula is C17H29NOS. The number of anilines is 1. The zero-order valence-corrected chi connectivity index (χ0v) is 13.6. The van der Waals surface area contributed by atoms with Crippen LogP contribution < -0.4 is 10.5 Å². The molecule has 0 fully saturated rings. The number of hydrogen-bond acceptors (Lipinski definition) is 3. The van der Waals surface area contributed by atoms with E-state index in [4.69, 9.17) is 10.5 Å². The van der Waals surface area contributed by atoms with E-state index in [0.29, 0.717) is 0 Å². The van der Waals surface area contributed by atoms with Crippen molar-refractivity contribution in [1.82, 2.24) is 0 Å². The zero-order chi connectivity index (χ0) is 14.5. The molecule has 0 aliphatic rings. The molecule has 114 valence electrons. The van der Waals surface area contributed by atoms with Gasteiger partial charge in [-0.15, -0.1) is 0 Å². The molecule has 1 aromatic carbocycles. The van der Waals surface area contributed by atoms with Gasteiger partial charge in [0, 0.05) is 17.5 Å². The number of benzene rings is 1. The molecule has 2 nitrogen and oxygen atoms in total. The summed E-state index contributed by atoms with van der Waals surface area (Å²) in [6.45, 7) is 3.03. The molecule has 1 rings (SSSR count). The lowest BCUT2D eigenvalue weighted by Crippen LogP contribution is -2.01. The number of ether oxygens (including phenoxy) is 1. The van der Waals surface area contributed by atoms with Gasteiger partial charge in [0.1, 0.15) is 5.75 Å². The number of nitrogens with two attached hydrogens (primary N) is 1. The van der Waals surface area contributed by atoms with Crippen LogP contribution in [0.1, 0.15) is 51.9 Å². The molecule has 0 atom stereocenters. The smallest absolute Gasteiger partial charge is 0.121 e. The van der Waals surface area contributed by atoms with Crippen LogP contribution in [0.3, 0.4) is 0 Å². The molecule has 0 heterocycles. The third-order valence-corrected chi connectivity index (χ3v) is 4.28. The minimum atomic E-state index is 0.762. The van der Waals surface area contributed by atoms with Crippen LogP contribution in [0.5, 0.6) is 5.75 Å². The number of hydrogen-bond donors (Lipinski definition) is 1. The maximum atomic E-state index is 5.70. The standard InChI is InChI=1S/C17H29NOS/c1-2-3-4-5-6-7-8-13-20-14-12-19-17-11-9-10-16(18)15-17/h9-11,15H,2-8,12-14,18H2,1H3. The van der Waals surface area contributed by atoms with Crippen LogP contribution in [-0.2, 0) is 0 Å². The minimum Gasteiger partial charge on any atom is -0.493 e. The van der Waals surface area contributed by atoms with E-state index in [1.807, 2.05) is 36.0 Å². The Kier molecular flexibility index (Phi) is 10.3. The zero-order valence-electron chi connectivity index (χ0n) is 12.8. The Morgan fingerprint density at radius 2 is 1.75 bits per heavy atom. The third kappa shape index (κ3) is 9.13.